The first-order valence-corrected chi connectivity index (χ1v) is 9.47. The van der Waals surface area contributed by atoms with E-state index in [9.17, 15) is 0 Å². The van der Waals surface area contributed by atoms with Gasteiger partial charge in [0, 0.05) is 45.5 Å². The van der Waals surface area contributed by atoms with Crippen molar-refractivity contribution < 1.29 is 9.47 Å². The zero-order valence-corrected chi connectivity index (χ0v) is 15.7. The average Bonchev–Trinajstić information content (AvgIpc) is 3.20. The summed E-state index contributed by atoms with van der Waals surface area (Å²) in [5.74, 6) is 2.65. The first kappa shape index (κ1) is 17.5. The van der Waals surface area contributed by atoms with Crippen molar-refractivity contribution in [2.45, 2.75) is 6.42 Å². The molecule has 0 spiro atoms. The molecule has 142 valence electrons. The van der Waals surface area contributed by atoms with Crippen LogP contribution in [-0.4, -0.2) is 57.4 Å². The number of rotatable bonds is 4. The summed E-state index contributed by atoms with van der Waals surface area (Å²) in [6.45, 7) is 5.11. The number of piperazine rings is 1. The van der Waals surface area contributed by atoms with Gasteiger partial charge in [-0.15, -0.1) is 0 Å². The van der Waals surface area contributed by atoms with E-state index in [2.05, 4.69) is 62.6 Å². The number of para-hydroxylation sites is 1. The molecule has 0 atom stereocenters. The zero-order valence-electron chi connectivity index (χ0n) is 15.7. The summed E-state index contributed by atoms with van der Waals surface area (Å²) < 4.78 is 10.8. The van der Waals surface area contributed by atoms with Crippen molar-refractivity contribution in [3.8, 4) is 11.5 Å². The lowest BCUT2D eigenvalue weighted by atomic mass is 10.1. The lowest BCUT2D eigenvalue weighted by molar-refractivity contribution is 0.174. The molecule has 1 saturated heterocycles. The summed E-state index contributed by atoms with van der Waals surface area (Å²) in [7, 11) is 1.85. The fourth-order valence-electron chi connectivity index (χ4n) is 3.56. The molecule has 6 nitrogen and oxygen atoms in total. The van der Waals surface area contributed by atoms with Crippen LogP contribution < -0.4 is 19.7 Å². The van der Waals surface area contributed by atoms with Crippen molar-refractivity contribution in [2.75, 3.05) is 51.5 Å². The van der Waals surface area contributed by atoms with E-state index in [0.29, 0.717) is 6.79 Å². The minimum atomic E-state index is 0.318. The molecule has 2 heterocycles. The third-order valence-corrected chi connectivity index (χ3v) is 5.05. The smallest absolute Gasteiger partial charge is 0.231 e. The van der Waals surface area contributed by atoms with Gasteiger partial charge in [0.2, 0.25) is 6.79 Å². The predicted molar refractivity (Wildman–Crippen MR) is 108 cm³/mol. The van der Waals surface area contributed by atoms with E-state index in [1.165, 1.54) is 11.3 Å². The third-order valence-electron chi connectivity index (χ3n) is 5.05. The van der Waals surface area contributed by atoms with Crippen LogP contribution in [0.15, 0.2) is 53.5 Å². The molecule has 0 bridgehead atoms. The maximum Gasteiger partial charge on any atom is 0.231 e. The molecule has 2 aromatic carbocycles. The topological polar surface area (TPSA) is 49.3 Å². The lowest BCUT2D eigenvalue weighted by Crippen LogP contribution is -2.52. The van der Waals surface area contributed by atoms with E-state index < -0.39 is 0 Å². The van der Waals surface area contributed by atoms with Crippen molar-refractivity contribution in [3.05, 3.63) is 54.1 Å². The van der Waals surface area contributed by atoms with Crippen molar-refractivity contribution in [2.24, 2.45) is 4.99 Å². The Morgan fingerprint density at radius 1 is 1.00 bits per heavy atom. The number of guanidine groups is 1. The number of nitrogens with zero attached hydrogens (tertiary/aromatic N) is 3. The van der Waals surface area contributed by atoms with Gasteiger partial charge in [0.25, 0.3) is 0 Å². The monoisotopic (exact) mass is 366 g/mol. The lowest BCUT2D eigenvalue weighted by Gasteiger charge is -2.37. The fraction of sp³-hybridized carbons (Fsp3) is 0.381. The second kappa shape index (κ2) is 8.20. The number of ether oxygens (including phenoxy) is 2. The normalized spacial score (nSPS) is 16.6. The van der Waals surface area contributed by atoms with Gasteiger partial charge in [-0.05, 0) is 36.2 Å². The van der Waals surface area contributed by atoms with E-state index >= 15 is 0 Å². The van der Waals surface area contributed by atoms with Crippen LogP contribution in [0, 0.1) is 0 Å². The number of anilines is 1. The van der Waals surface area contributed by atoms with Gasteiger partial charge < -0.3 is 24.6 Å². The quantitative estimate of drug-likeness (QED) is 0.665. The molecule has 2 aliphatic heterocycles. The summed E-state index contributed by atoms with van der Waals surface area (Å²) in [4.78, 5) is 9.23. The highest BCUT2D eigenvalue weighted by molar-refractivity contribution is 5.80. The Labute approximate surface area is 160 Å². The van der Waals surface area contributed by atoms with Crippen LogP contribution in [0.5, 0.6) is 11.5 Å². The Hall–Kier alpha value is -2.89. The third kappa shape index (κ3) is 4.10. The minimum absolute atomic E-state index is 0.318. The highest BCUT2D eigenvalue weighted by atomic mass is 16.7. The molecule has 4 rings (SSSR count). The van der Waals surface area contributed by atoms with E-state index in [1.54, 1.807) is 0 Å². The minimum Gasteiger partial charge on any atom is -0.454 e. The number of hydrogen-bond acceptors (Lipinski definition) is 4. The molecule has 0 radical (unpaired) electrons. The SMILES string of the molecule is CN=C(NCCc1ccc2c(c1)OCO2)N1CCN(c2ccccc2)CC1. The molecule has 0 amide bonds. The molecule has 0 saturated carbocycles. The molecular formula is C21H26N4O2. The maximum absolute atomic E-state index is 5.45. The van der Waals surface area contributed by atoms with Crippen LogP contribution in [0.25, 0.3) is 0 Å². The highest BCUT2D eigenvalue weighted by Gasteiger charge is 2.19. The maximum atomic E-state index is 5.45. The van der Waals surface area contributed by atoms with Crippen molar-refractivity contribution in [1.82, 2.24) is 10.2 Å². The van der Waals surface area contributed by atoms with Gasteiger partial charge in [-0.3, -0.25) is 4.99 Å². The highest BCUT2D eigenvalue weighted by Crippen LogP contribution is 2.32. The number of hydrogen-bond donors (Lipinski definition) is 1. The molecule has 27 heavy (non-hydrogen) atoms. The summed E-state index contributed by atoms with van der Waals surface area (Å²) in [5, 5.41) is 3.50. The van der Waals surface area contributed by atoms with Gasteiger partial charge in [-0.25, -0.2) is 0 Å². The van der Waals surface area contributed by atoms with Crippen molar-refractivity contribution >= 4 is 11.6 Å². The summed E-state index contributed by atoms with van der Waals surface area (Å²) in [5.41, 5.74) is 2.53. The second-order valence-corrected chi connectivity index (χ2v) is 6.72. The van der Waals surface area contributed by atoms with E-state index in [4.69, 9.17) is 9.47 Å². The van der Waals surface area contributed by atoms with Gasteiger partial charge in [0.15, 0.2) is 17.5 Å². The molecular weight excluding hydrogens is 340 g/mol. The van der Waals surface area contributed by atoms with Gasteiger partial charge in [0.05, 0.1) is 0 Å². The van der Waals surface area contributed by atoms with Crippen molar-refractivity contribution in [3.63, 3.8) is 0 Å². The molecule has 2 aliphatic rings. The van der Waals surface area contributed by atoms with E-state index in [0.717, 1.165) is 56.6 Å². The first-order chi connectivity index (χ1) is 13.3. The van der Waals surface area contributed by atoms with Crippen LogP contribution in [0.3, 0.4) is 0 Å². The summed E-state index contributed by atoms with van der Waals surface area (Å²) >= 11 is 0. The number of fused-ring (bicyclic) bond motifs is 1. The Balaban J connectivity index is 1.26. The molecule has 0 aromatic heterocycles. The molecule has 6 heteroatoms. The molecule has 0 aliphatic carbocycles. The first-order valence-electron chi connectivity index (χ1n) is 9.47. The number of benzene rings is 2. The Bertz CT molecular complexity index is 786. The van der Waals surface area contributed by atoms with Gasteiger partial charge in [-0.2, -0.15) is 0 Å². The second-order valence-electron chi connectivity index (χ2n) is 6.72. The molecule has 1 N–H and O–H groups in total. The largest absolute Gasteiger partial charge is 0.454 e. The Morgan fingerprint density at radius 3 is 2.56 bits per heavy atom. The fourth-order valence-corrected chi connectivity index (χ4v) is 3.56. The van der Waals surface area contributed by atoms with Crippen molar-refractivity contribution in [1.29, 1.82) is 0 Å². The van der Waals surface area contributed by atoms with Crippen LogP contribution in [0.1, 0.15) is 5.56 Å². The van der Waals surface area contributed by atoms with Gasteiger partial charge in [-0.1, -0.05) is 24.3 Å². The summed E-state index contributed by atoms with van der Waals surface area (Å²) in [6, 6.07) is 16.7. The standard InChI is InChI=1S/C21H26N4O2/c1-22-21(23-10-9-17-7-8-19-20(15-17)27-16-26-19)25-13-11-24(12-14-25)18-5-3-2-4-6-18/h2-8,15H,9-14,16H2,1H3,(H,22,23). The van der Waals surface area contributed by atoms with Crippen LogP contribution in [0.4, 0.5) is 5.69 Å². The van der Waals surface area contributed by atoms with E-state index in [-0.39, 0.29) is 0 Å². The Morgan fingerprint density at radius 2 is 1.78 bits per heavy atom. The van der Waals surface area contributed by atoms with Crippen LogP contribution in [0.2, 0.25) is 0 Å². The van der Waals surface area contributed by atoms with Crippen LogP contribution in [-0.2, 0) is 6.42 Å². The molecule has 0 unspecified atom stereocenters. The zero-order chi connectivity index (χ0) is 18.5. The van der Waals surface area contributed by atoms with E-state index in [1.807, 2.05) is 13.1 Å². The molecule has 2 aromatic rings. The molecule has 1 fully saturated rings. The van der Waals surface area contributed by atoms with Crippen LogP contribution >= 0.6 is 0 Å². The number of aliphatic imine (C=N–C) groups is 1. The van der Waals surface area contributed by atoms with Gasteiger partial charge in [0.1, 0.15) is 0 Å². The number of nitrogens with one attached hydrogen (secondary N) is 1. The summed E-state index contributed by atoms with van der Waals surface area (Å²) in [6.07, 6.45) is 0.916. The predicted octanol–water partition coefficient (Wildman–Crippen LogP) is 2.36. The Kier molecular flexibility index (Phi) is 5.32. The average molecular weight is 366 g/mol. The van der Waals surface area contributed by atoms with Gasteiger partial charge >= 0.3 is 0 Å².